The van der Waals surface area contributed by atoms with Crippen molar-refractivity contribution in [3.63, 3.8) is 0 Å². The maximum absolute atomic E-state index is 12.5. The Morgan fingerprint density at radius 3 is 2.64 bits per heavy atom. The van der Waals surface area contributed by atoms with Gasteiger partial charge in [-0.3, -0.25) is 4.98 Å². The first-order valence-electron chi connectivity index (χ1n) is 9.53. The molecule has 0 atom stereocenters. The van der Waals surface area contributed by atoms with Crippen LogP contribution in [0.1, 0.15) is 30.1 Å². The summed E-state index contributed by atoms with van der Waals surface area (Å²) >= 11 is 3.51. The van der Waals surface area contributed by atoms with Crippen LogP contribution in [0.2, 0.25) is 0 Å². The molecule has 5 nitrogen and oxygen atoms in total. The average molecular weight is 440 g/mol. The lowest BCUT2D eigenvalue weighted by molar-refractivity contribution is 0.0527. The molecule has 0 spiro atoms. The van der Waals surface area contributed by atoms with Crippen LogP contribution in [0.15, 0.2) is 53.1 Å². The molecule has 6 heteroatoms. The van der Waals surface area contributed by atoms with Crippen molar-refractivity contribution in [2.45, 2.75) is 19.8 Å². The quantitative estimate of drug-likeness (QED) is 0.530. The maximum atomic E-state index is 12.5. The Hall–Kier alpha value is -2.60. The van der Waals surface area contributed by atoms with Gasteiger partial charge in [0.15, 0.2) is 0 Å². The number of anilines is 3. The minimum Gasteiger partial charge on any atom is -0.462 e. The van der Waals surface area contributed by atoms with Crippen molar-refractivity contribution in [1.82, 2.24) is 4.98 Å². The number of carbonyl (C=O) groups is 1. The van der Waals surface area contributed by atoms with Gasteiger partial charge in [0.25, 0.3) is 0 Å². The van der Waals surface area contributed by atoms with Crippen LogP contribution in [-0.4, -0.2) is 30.6 Å². The fourth-order valence-electron chi connectivity index (χ4n) is 3.54. The molecule has 1 N–H and O–H groups in total. The molecule has 3 aromatic rings. The molecule has 0 bridgehead atoms. The van der Waals surface area contributed by atoms with Gasteiger partial charge >= 0.3 is 5.97 Å². The van der Waals surface area contributed by atoms with Gasteiger partial charge in [0, 0.05) is 40.5 Å². The number of aromatic nitrogens is 1. The number of hydrogen-bond acceptors (Lipinski definition) is 5. The zero-order valence-corrected chi connectivity index (χ0v) is 17.3. The summed E-state index contributed by atoms with van der Waals surface area (Å²) in [5.41, 5.74) is 4.10. The van der Waals surface area contributed by atoms with E-state index >= 15 is 0 Å². The highest BCUT2D eigenvalue weighted by molar-refractivity contribution is 9.10. The van der Waals surface area contributed by atoms with E-state index in [9.17, 15) is 4.79 Å². The van der Waals surface area contributed by atoms with Crippen LogP contribution in [0.5, 0.6) is 0 Å². The van der Waals surface area contributed by atoms with Crippen LogP contribution >= 0.6 is 15.9 Å². The molecule has 0 unspecified atom stereocenters. The van der Waals surface area contributed by atoms with Crippen molar-refractivity contribution in [3.8, 4) is 0 Å². The lowest BCUT2D eigenvalue weighted by atomic mass is 10.1. The molecule has 1 aromatic heterocycles. The Labute approximate surface area is 172 Å². The molecule has 2 aromatic carbocycles. The van der Waals surface area contributed by atoms with Gasteiger partial charge in [-0.25, -0.2) is 4.79 Å². The highest BCUT2D eigenvalue weighted by Gasteiger charge is 2.18. The van der Waals surface area contributed by atoms with E-state index in [1.54, 1.807) is 13.1 Å². The second-order valence-electron chi connectivity index (χ2n) is 6.79. The van der Waals surface area contributed by atoms with Gasteiger partial charge in [0.05, 0.1) is 17.8 Å². The molecule has 0 saturated carbocycles. The molecule has 0 aliphatic carbocycles. The van der Waals surface area contributed by atoms with E-state index in [1.807, 2.05) is 30.3 Å². The van der Waals surface area contributed by atoms with Crippen molar-refractivity contribution < 1.29 is 9.53 Å². The van der Waals surface area contributed by atoms with Gasteiger partial charge in [-0.15, -0.1) is 0 Å². The average Bonchev–Trinajstić information content (AvgIpc) is 3.24. The summed E-state index contributed by atoms with van der Waals surface area (Å²) < 4.78 is 6.16. The third-order valence-electron chi connectivity index (χ3n) is 4.93. The smallest absolute Gasteiger partial charge is 0.341 e. The van der Waals surface area contributed by atoms with Gasteiger partial charge in [0.2, 0.25) is 0 Å². The normalized spacial score (nSPS) is 13.7. The van der Waals surface area contributed by atoms with Crippen LogP contribution < -0.4 is 10.2 Å². The SMILES string of the molecule is CCOC(=O)c1cnc2ccc(Br)cc2c1Nc1ccc(N2CCCC2)cc1. The Bertz CT molecular complexity index is 999. The van der Waals surface area contributed by atoms with Gasteiger partial charge < -0.3 is 15.0 Å². The van der Waals surface area contributed by atoms with Gasteiger partial charge in [-0.05, 0) is 62.2 Å². The van der Waals surface area contributed by atoms with E-state index in [2.05, 4.69) is 43.3 Å². The first kappa shape index (κ1) is 18.7. The van der Waals surface area contributed by atoms with E-state index in [4.69, 9.17) is 4.74 Å². The van der Waals surface area contributed by atoms with Crippen LogP contribution in [0.25, 0.3) is 10.9 Å². The molecule has 144 valence electrons. The van der Waals surface area contributed by atoms with Crippen molar-refractivity contribution >= 4 is 49.9 Å². The standard InChI is InChI=1S/C22H22BrN3O2/c1-2-28-22(27)19-14-24-20-10-5-15(23)13-18(20)21(19)25-16-6-8-17(9-7-16)26-11-3-4-12-26/h5-10,13-14H,2-4,11-12H2,1H3,(H,24,25). The summed E-state index contributed by atoms with van der Waals surface area (Å²) in [6.07, 6.45) is 4.08. The predicted molar refractivity (Wildman–Crippen MR) is 117 cm³/mol. The monoisotopic (exact) mass is 439 g/mol. The molecule has 28 heavy (non-hydrogen) atoms. The number of carbonyl (C=O) groups excluding carboxylic acids is 1. The number of fused-ring (bicyclic) bond motifs is 1. The minimum atomic E-state index is -0.381. The third-order valence-corrected chi connectivity index (χ3v) is 5.43. The first-order valence-corrected chi connectivity index (χ1v) is 10.3. The number of nitrogens with zero attached hydrogens (tertiary/aromatic N) is 2. The molecule has 1 fully saturated rings. The van der Waals surface area contributed by atoms with E-state index in [0.717, 1.165) is 34.2 Å². The van der Waals surface area contributed by atoms with Gasteiger partial charge in [0.1, 0.15) is 5.56 Å². The first-order chi connectivity index (χ1) is 13.7. The highest BCUT2D eigenvalue weighted by Crippen LogP contribution is 2.32. The molecule has 4 rings (SSSR count). The molecular weight excluding hydrogens is 418 g/mol. The minimum absolute atomic E-state index is 0.319. The Morgan fingerprint density at radius 2 is 1.93 bits per heavy atom. The Morgan fingerprint density at radius 1 is 1.18 bits per heavy atom. The van der Waals surface area contributed by atoms with E-state index in [-0.39, 0.29) is 5.97 Å². The number of benzene rings is 2. The molecule has 0 radical (unpaired) electrons. The van der Waals surface area contributed by atoms with Gasteiger partial charge in [-0.1, -0.05) is 15.9 Å². The number of esters is 1. The van der Waals surface area contributed by atoms with E-state index in [1.165, 1.54) is 18.5 Å². The fourth-order valence-corrected chi connectivity index (χ4v) is 3.90. The van der Waals surface area contributed by atoms with Crippen molar-refractivity contribution in [3.05, 3.63) is 58.7 Å². The summed E-state index contributed by atoms with van der Waals surface area (Å²) in [6, 6.07) is 14.2. The highest BCUT2D eigenvalue weighted by atomic mass is 79.9. The van der Waals surface area contributed by atoms with Crippen LogP contribution in [0.4, 0.5) is 17.1 Å². The molecule has 1 aliphatic rings. The maximum Gasteiger partial charge on any atom is 0.341 e. The van der Waals surface area contributed by atoms with Crippen LogP contribution in [0, 0.1) is 0 Å². The summed E-state index contributed by atoms with van der Waals surface area (Å²) in [4.78, 5) is 19.3. The number of pyridine rings is 1. The number of rotatable bonds is 5. The summed E-state index contributed by atoms with van der Waals surface area (Å²) in [6.45, 7) is 4.35. The third kappa shape index (κ3) is 3.83. The molecule has 0 amide bonds. The predicted octanol–water partition coefficient (Wildman–Crippen LogP) is 5.52. The van der Waals surface area contributed by atoms with E-state index < -0.39 is 0 Å². The number of ether oxygens (including phenoxy) is 1. The molecule has 2 heterocycles. The lowest BCUT2D eigenvalue weighted by Crippen LogP contribution is -2.17. The molecule has 1 saturated heterocycles. The lowest BCUT2D eigenvalue weighted by Gasteiger charge is -2.19. The van der Waals surface area contributed by atoms with Crippen molar-refractivity contribution in [2.75, 3.05) is 29.9 Å². The van der Waals surface area contributed by atoms with Crippen LogP contribution in [0.3, 0.4) is 0 Å². The van der Waals surface area contributed by atoms with Crippen molar-refractivity contribution in [2.24, 2.45) is 0 Å². The van der Waals surface area contributed by atoms with E-state index in [0.29, 0.717) is 17.9 Å². The number of halogens is 1. The number of nitrogens with one attached hydrogen (secondary N) is 1. The summed E-state index contributed by atoms with van der Waals surface area (Å²) in [5, 5.41) is 4.28. The van der Waals surface area contributed by atoms with Crippen LogP contribution in [-0.2, 0) is 4.74 Å². The second kappa shape index (κ2) is 8.19. The Balaban J connectivity index is 1.72. The topological polar surface area (TPSA) is 54.5 Å². The molecule has 1 aliphatic heterocycles. The zero-order chi connectivity index (χ0) is 19.5. The summed E-state index contributed by atoms with van der Waals surface area (Å²) in [7, 11) is 0. The van der Waals surface area contributed by atoms with Gasteiger partial charge in [-0.2, -0.15) is 0 Å². The largest absolute Gasteiger partial charge is 0.462 e. The Kier molecular flexibility index (Phi) is 5.48. The summed E-state index contributed by atoms with van der Waals surface area (Å²) in [5.74, 6) is -0.381. The van der Waals surface area contributed by atoms with Crippen molar-refractivity contribution in [1.29, 1.82) is 0 Å². The second-order valence-corrected chi connectivity index (χ2v) is 7.71. The zero-order valence-electron chi connectivity index (χ0n) is 15.7. The molecular formula is C22H22BrN3O2. The number of hydrogen-bond donors (Lipinski definition) is 1. The fraction of sp³-hybridized carbons (Fsp3) is 0.273.